The number of anilines is 1. The number of nitrogens with zero attached hydrogens (tertiary/aromatic N) is 5. The Morgan fingerprint density at radius 3 is 2.76 bits per heavy atom. The average molecular weight is 341 g/mol. The summed E-state index contributed by atoms with van der Waals surface area (Å²) in [4.78, 5) is 18.1. The summed E-state index contributed by atoms with van der Waals surface area (Å²) in [5, 5.41) is 0. The highest BCUT2D eigenvalue weighted by Crippen LogP contribution is 2.24. The largest absolute Gasteiger partial charge is 0.444 e. The topological polar surface area (TPSA) is 58.3 Å². The van der Waals surface area contributed by atoms with E-state index in [1.807, 2.05) is 6.92 Å². The molecule has 0 N–H and O–H groups in total. The number of hydrogen-bond acceptors (Lipinski definition) is 6. The van der Waals surface area contributed by atoms with Gasteiger partial charge < -0.3 is 9.32 Å². The van der Waals surface area contributed by atoms with E-state index in [-0.39, 0.29) is 0 Å². The van der Waals surface area contributed by atoms with Crippen molar-refractivity contribution in [1.29, 1.82) is 0 Å². The first-order valence-electron chi connectivity index (χ1n) is 9.40. The third-order valence-electron chi connectivity index (χ3n) is 5.50. The van der Waals surface area contributed by atoms with Crippen LogP contribution in [-0.2, 0) is 19.4 Å². The lowest BCUT2D eigenvalue weighted by Crippen LogP contribution is -2.43. The minimum atomic E-state index is 0.531. The first-order chi connectivity index (χ1) is 12.2. The molecule has 0 amide bonds. The molecule has 6 nitrogen and oxygen atoms in total. The molecule has 0 radical (unpaired) electrons. The van der Waals surface area contributed by atoms with Crippen molar-refractivity contribution in [3.63, 3.8) is 0 Å². The smallest absolute Gasteiger partial charge is 0.208 e. The Kier molecular flexibility index (Phi) is 4.70. The summed E-state index contributed by atoms with van der Waals surface area (Å²) in [6.45, 7) is 5.01. The van der Waals surface area contributed by atoms with Crippen LogP contribution < -0.4 is 4.90 Å². The van der Waals surface area contributed by atoms with Gasteiger partial charge in [0, 0.05) is 44.4 Å². The van der Waals surface area contributed by atoms with Crippen molar-refractivity contribution >= 4 is 5.82 Å². The lowest BCUT2D eigenvalue weighted by molar-refractivity contribution is 0.185. The Hall–Kier alpha value is -1.95. The summed E-state index contributed by atoms with van der Waals surface area (Å²) >= 11 is 0. The first-order valence-corrected chi connectivity index (χ1v) is 9.40. The highest BCUT2D eigenvalue weighted by molar-refractivity contribution is 5.39. The summed E-state index contributed by atoms with van der Waals surface area (Å²) in [6, 6.07) is 2.59. The molecule has 0 spiro atoms. The molecule has 0 saturated carbocycles. The molecular formula is C19H27N5O. The van der Waals surface area contributed by atoms with Crippen LogP contribution in [0.1, 0.15) is 48.7 Å². The van der Waals surface area contributed by atoms with Crippen LogP contribution in [0.15, 0.2) is 16.8 Å². The third kappa shape index (κ3) is 3.68. The minimum Gasteiger partial charge on any atom is -0.444 e. The van der Waals surface area contributed by atoms with Gasteiger partial charge in [-0.2, -0.15) is 0 Å². The summed E-state index contributed by atoms with van der Waals surface area (Å²) in [6.07, 6.45) is 8.57. The lowest BCUT2D eigenvalue weighted by atomic mass is 10.0. The fraction of sp³-hybridized carbons (Fsp3) is 0.632. The quantitative estimate of drug-likeness (QED) is 0.852. The minimum absolute atomic E-state index is 0.531. The fourth-order valence-corrected chi connectivity index (χ4v) is 3.95. The molecule has 1 aliphatic carbocycles. The molecule has 6 heteroatoms. The Morgan fingerprint density at radius 2 is 2.00 bits per heavy atom. The molecule has 3 heterocycles. The highest BCUT2D eigenvalue weighted by Gasteiger charge is 2.25. The van der Waals surface area contributed by atoms with E-state index in [0.29, 0.717) is 6.04 Å². The summed E-state index contributed by atoms with van der Waals surface area (Å²) < 4.78 is 5.99. The van der Waals surface area contributed by atoms with E-state index in [4.69, 9.17) is 9.40 Å². The van der Waals surface area contributed by atoms with Crippen LogP contribution in [0.3, 0.4) is 0 Å². The van der Waals surface area contributed by atoms with Crippen LogP contribution in [0.5, 0.6) is 0 Å². The number of oxazole rings is 1. The zero-order valence-electron chi connectivity index (χ0n) is 15.2. The van der Waals surface area contributed by atoms with Crippen molar-refractivity contribution in [2.45, 2.75) is 58.0 Å². The lowest BCUT2D eigenvalue weighted by Gasteiger charge is -2.36. The molecule has 2 aliphatic rings. The molecule has 2 aromatic heterocycles. The van der Waals surface area contributed by atoms with E-state index in [1.165, 1.54) is 18.5 Å². The van der Waals surface area contributed by atoms with Crippen molar-refractivity contribution in [2.75, 3.05) is 25.0 Å². The summed E-state index contributed by atoms with van der Waals surface area (Å²) in [5.74, 6) is 3.06. The van der Waals surface area contributed by atoms with E-state index in [0.717, 1.165) is 68.5 Å². The number of hydrogen-bond donors (Lipinski definition) is 0. The second-order valence-corrected chi connectivity index (χ2v) is 7.32. The van der Waals surface area contributed by atoms with E-state index < -0.39 is 0 Å². The molecule has 134 valence electrons. The van der Waals surface area contributed by atoms with Gasteiger partial charge in [0.25, 0.3) is 0 Å². The van der Waals surface area contributed by atoms with Gasteiger partial charge in [-0.05, 0) is 39.0 Å². The molecule has 2 aromatic rings. The van der Waals surface area contributed by atoms with Gasteiger partial charge in [0.1, 0.15) is 17.9 Å². The van der Waals surface area contributed by atoms with Crippen molar-refractivity contribution in [3.8, 4) is 0 Å². The van der Waals surface area contributed by atoms with Gasteiger partial charge in [-0.25, -0.2) is 15.0 Å². The molecule has 0 atom stereocenters. The number of aromatic nitrogens is 3. The van der Waals surface area contributed by atoms with Gasteiger partial charge in [-0.15, -0.1) is 0 Å². The number of piperidine rings is 1. The van der Waals surface area contributed by atoms with Gasteiger partial charge in [-0.3, -0.25) is 4.90 Å². The average Bonchev–Trinajstić information content (AvgIpc) is 3.04. The van der Waals surface area contributed by atoms with E-state index >= 15 is 0 Å². The summed E-state index contributed by atoms with van der Waals surface area (Å²) in [7, 11) is 2.14. The second-order valence-electron chi connectivity index (χ2n) is 7.32. The zero-order chi connectivity index (χ0) is 17.2. The van der Waals surface area contributed by atoms with Gasteiger partial charge >= 0.3 is 0 Å². The van der Waals surface area contributed by atoms with Crippen molar-refractivity contribution in [1.82, 2.24) is 19.9 Å². The Bertz CT molecular complexity index is 697. The Labute approximate surface area is 149 Å². The molecule has 4 rings (SSSR count). The third-order valence-corrected chi connectivity index (χ3v) is 5.50. The van der Waals surface area contributed by atoms with Crippen LogP contribution in [0, 0.1) is 6.92 Å². The maximum absolute atomic E-state index is 5.99. The molecule has 1 aliphatic heterocycles. The summed E-state index contributed by atoms with van der Waals surface area (Å²) in [5.41, 5.74) is 2.22. The predicted molar refractivity (Wildman–Crippen MR) is 96.6 cm³/mol. The standard InChI is InChI=1S/C19H27N5O/c1-14-11-18(21-13-20-14)23(2)15-7-9-24(10-8-15)12-19-22-16-5-3-4-6-17(16)25-19/h11,13,15H,3-10,12H2,1-2H3. The monoisotopic (exact) mass is 341 g/mol. The maximum atomic E-state index is 5.99. The van der Waals surface area contributed by atoms with Crippen molar-refractivity contribution in [2.24, 2.45) is 0 Å². The Morgan fingerprint density at radius 1 is 1.20 bits per heavy atom. The molecule has 0 bridgehead atoms. The molecular weight excluding hydrogens is 314 g/mol. The first kappa shape index (κ1) is 16.5. The van der Waals surface area contributed by atoms with Gasteiger partial charge in [0.05, 0.1) is 12.2 Å². The van der Waals surface area contributed by atoms with Crippen LogP contribution >= 0.6 is 0 Å². The predicted octanol–water partition coefficient (Wildman–Crippen LogP) is 2.75. The normalized spacial score (nSPS) is 19.0. The molecule has 0 aromatic carbocycles. The van der Waals surface area contributed by atoms with Crippen LogP contribution in [0.2, 0.25) is 0 Å². The number of rotatable bonds is 4. The zero-order valence-corrected chi connectivity index (χ0v) is 15.2. The molecule has 25 heavy (non-hydrogen) atoms. The van der Waals surface area contributed by atoms with Crippen molar-refractivity contribution in [3.05, 3.63) is 35.4 Å². The van der Waals surface area contributed by atoms with Crippen LogP contribution in [0.25, 0.3) is 0 Å². The second kappa shape index (κ2) is 7.12. The van der Waals surface area contributed by atoms with Crippen LogP contribution in [0.4, 0.5) is 5.82 Å². The maximum Gasteiger partial charge on any atom is 0.208 e. The highest BCUT2D eigenvalue weighted by atomic mass is 16.4. The molecule has 1 saturated heterocycles. The van der Waals surface area contributed by atoms with Crippen LogP contribution in [-0.4, -0.2) is 46.0 Å². The SMILES string of the molecule is Cc1cc(N(C)C2CCN(Cc3nc4c(o3)CCCC4)CC2)ncn1. The number of likely N-dealkylation sites (tertiary alicyclic amines) is 1. The molecule has 0 unspecified atom stereocenters. The van der Waals surface area contributed by atoms with Crippen molar-refractivity contribution < 1.29 is 4.42 Å². The van der Waals surface area contributed by atoms with Gasteiger partial charge in [0.2, 0.25) is 5.89 Å². The Balaban J connectivity index is 1.33. The molecule has 1 fully saturated rings. The van der Waals surface area contributed by atoms with E-state index in [2.05, 4.69) is 32.9 Å². The van der Waals surface area contributed by atoms with Gasteiger partial charge in [-0.1, -0.05) is 0 Å². The fourth-order valence-electron chi connectivity index (χ4n) is 3.95. The van der Waals surface area contributed by atoms with E-state index in [1.54, 1.807) is 6.33 Å². The van der Waals surface area contributed by atoms with E-state index in [9.17, 15) is 0 Å². The van der Waals surface area contributed by atoms with Gasteiger partial charge in [0.15, 0.2) is 0 Å². The number of aryl methyl sites for hydroxylation is 3. The number of fused-ring (bicyclic) bond motifs is 1.